The maximum Gasteiger partial charge on any atom is 0.0320 e. The van der Waals surface area contributed by atoms with Gasteiger partial charge in [0.25, 0.3) is 0 Å². The van der Waals surface area contributed by atoms with Gasteiger partial charge >= 0.3 is 0 Å². The first-order valence-corrected chi connectivity index (χ1v) is 7.06. The minimum Gasteiger partial charge on any atom is -0.310 e. The Morgan fingerprint density at radius 3 is 2.26 bits per heavy atom. The fourth-order valence-electron chi connectivity index (χ4n) is 3.14. The van der Waals surface area contributed by atoms with Gasteiger partial charge in [0, 0.05) is 6.04 Å². The highest BCUT2D eigenvalue weighted by Gasteiger charge is 2.16. The third-order valence-corrected chi connectivity index (χ3v) is 4.19. The van der Waals surface area contributed by atoms with Gasteiger partial charge in [-0.3, -0.25) is 0 Å². The van der Waals surface area contributed by atoms with E-state index in [4.69, 9.17) is 0 Å². The topological polar surface area (TPSA) is 12.0 Å². The maximum atomic E-state index is 3.57. The molecular formula is C18H17N. The second-order valence-electron chi connectivity index (χ2n) is 5.45. The van der Waals surface area contributed by atoms with Gasteiger partial charge in [0.05, 0.1) is 0 Å². The lowest BCUT2D eigenvalue weighted by Crippen LogP contribution is -2.12. The first-order chi connectivity index (χ1) is 9.40. The van der Waals surface area contributed by atoms with E-state index < -0.39 is 0 Å². The molecule has 0 amide bonds. The van der Waals surface area contributed by atoms with Crippen LogP contribution in [0.3, 0.4) is 0 Å². The fraction of sp³-hybridized carbons (Fsp3) is 0.222. The highest BCUT2D eigenvalue weighted by atomic mass is 14.9. The Bertz CT molecular complexity index is 739. The molecule has 94 valence electrons. The summed E-state index contributed by atoms with van der Waals surface area (Å²) in [4.78, 5) is 0. The molecule has 1 N–H and O–H groups in total. The molecule has 1 heteroatoms. The number of hydrogen-bond acceptors (Lipinski definition) is 1. The van der Waals surface area contributed by atoms with Crippen molar-refractivity contribution in [2.24, 2.45) is 0 Å². The van der Waals surface area contributed by atoms with E-state index in [2.05, 4.69) is 59.9 Å². The van der Waals surface area contributed by atoms with Crippen molar-refractivity contribution >= 4 is 21.5 Å². The van der Waals surface area contributed by atoms with Gasteiger partial charge in [-0.25, -0.2) is 0 Å². The minimum atomic E-state index is 0.552. The van der Waals surface area contributed by atoms with E-state index in [-0.39, 0.29) is 0 Å². The molecule has 1 aliphatic rings. The van der Waals surface area contributed by atoms with E-state index in [1.54, 1.807) is 0 Å². The van der Waals surface area contributed by atoms with Gasteiger partial charge in [0.15, 0.2) is 0 Å². The SMILES string of the molecule is c1ccc2cc3cc([C@@H]4CCCN4)ccc3cc2c1. The van der Waals surface area contributed by atoms with Crippen LogP contribution in [-0.2, 0) is 0 Å². The third-order valence-electron chi connectivity index (χ3n) is 4.19. The van der Waals surface area contributed by atoms with Crippen LogP contribution in [0.2, 0.25) is 0 Å². The Morgan fingerprint density at radius 1 is 0.789 bits per heavy atom. The maximum absolute atomic E-state index is 3.57. The van der Waals surface area contributed by atoms with E-state index in [0.29, 0.717) is 6.04 Å². The predicted octanol–water partition coefficient (Wildman–Crippen LogP) is 4.42. The van der Waals surface area contributed by atoms with Crippen molar-refractivity contribution in [3.05, 3.63) is 60.2 Å². The monoisotopic (exact) mass is 247 g/mol. The van der Waals surface area contributed by atoms with Gasteiger partial charge in [0.1, 0.15) is 0 Å². The molecule has 3 aromatic rings. The second kappa shape index (κ2) is 4.36. The van der Waals surface area contributed by atoms with E-state index in [1.165, 1.54) is 39.9 Å². The van der Waals surface area contributed by atoms with Crippen molar-refractivity contribution in [2.75, 3.05) is 6.54 Å². The lowest BCUT2D eigenvalue weighted by Gasteiger charge is -2.12. The molecule has 0 aromatic heterocycles. The molecule has 1 heterocycles. The van der Waals surface area contributed by atoms with Crippen LogP contribution in [0.25, 0.3) is 21.5 Å². The van der Waals surface area contributed by atoms with Crippen molar-refractivity contribution in [3.8, 4) is 0 Å². The number of hydrogen-bond donors (Lipinski definition) is 1. The Balaban J connectivity index is 1.89. The molecule has 4 rings (SSSR count). The molecule has 1 nitrogen and oxygen atoms in total. The van der Waals surface area contributed by atoms with E-state index in [0.717, 1.165) is 6.54 Å². The zero-order valence-electron chi connectivity index (χ0n) is 10.9. The second-order valence-corrected chi connectivity index (χ2v) is 5.45. The normalized spacial score (nSPS) is 19.3. The molecule has 0 saturated carbocycles. The van der Waals surface area contributed by atoms with Crippen LogP contribution in [0, 0.1) is 0 Å². The van der Waals surface area contributed by atoms with Crippen molar-refractivity contribution in [3.63, 3.8) is 0 Å². The molecule has 0 spiro atoms. The first kappa shape index (κ1) is 11.0. The third kappa shape index (κ3) is 1.91. The summed E-state index contributed by atoms with van der Waals surface area (Å²) >= 11 is 0. The Kier molecular flexibility index (Phi) is 2.52. The number of nitrogens with one attached hydrogen (secondary N) is 1. The van der Waals surface area contributed by atoms with E-state index >= 15 is 0 Å². The molecular weight excluding hydrogens is 230 g/mol. The molecule has 1 aliphatic heterocycles. The highest BCUT2D eigenvalue weighted by Crippen LogP contribution is 2.28. The van der Waals surface area contributed by atoms with Crippen molar-refractivity contribution in [1.82, 2.24) is 5.32 Å². The zero-order valence-corrected chi connectivity index (χ0v) is 10.9. The summed E-state index contributed by atoms with van der Waals surface area (Å²) in [5.74, 6) is 0. The Hall–Kier alpha value is -1.86. The zero-order chi connectivity index (χ0) is 12.7. The lowest BCUT2D eigenvalue weighted by atomic mass is 9.98. The average molecular weight is 247 g/mol. The van der Waals surface area contributed by atoms with Crippen LogP contribution in [0.15, 0.2) is 54.6 Å². The molecule has 3 aromatic carbocycles. The number of fused-ring (bicyclic) bond motifs is 2. The molecule has 1 atom stereocenters. The predicted molar refractivity (Wildman–Crippen MR) is 81.4 cm³/mol. The van der Waals surface area contributed by atoms with Crippen LogP contribution >= 0.6 is 0 Å². The van der Waals surface area contributed by atoms with Crippen molar-refractivity contribution < 1.29 is 0 Å². The van der Waals surface area contributed by atoms with Gasteiger partial charge in [-0.1, -0.05) is 36.4 Å². The molecule has 19 heavy (non-hydrogen) atoms. The van der Waals surface area contributed by atoms with Gasteiger partial charge in [-0.2, -0.15) is 0 Å². The van der Waals surface area contributed by atoms with E-state index in [1.807, 2.05) is 0 Å². The smallest absolute Gasteiger partial charge is 0.0320 e. The van der Waals surface area contributed by atoms with Crippen LogP contribution < -0.4 is 5.32 Å². The average Bonchev–Trinajstić information content (AvgIpc) is 2.98. The van der Waals surface area contributed by atoms with Crippen LogP contribution in [-0.4, -0.2) is 6.54 Å². The summed E-state index contributed by atoms with van der Waals surface area (Å²) in [5.41, 5.74) is 1.43. The Morgan fingerprint density at radius 2 is 1.53 bits per heavy atom. The van der Waals surface area contributed by atoms with E-state index in [9.17, 15) is 0 Å². The van der Waals surface area contributed by atoms with Gasteiger partial charge < -0.3 is 5.32 Å². The molecule has 1 fully saturated rings. The summed E-state index contributed by atoms with van der Waals surface area (Å²) in [5, 5.41) is 8.91. The Labute approximate surface area is 113 Å². The molecule has 0 radical (unpaired) electrons. The fourth-order valence-corrected chi connectivity index (χ4v) is 3.14. The van der Waals surface area contributed by atoms with Crippen LogP contribution in [0.1, 0.15) is 24.4 Å². The van der Waals surface area contributed by atoms with Crippen molar-refractivity contribution in [1.29, 1.82) is 0 Å². The summed E-state index contributed by atoms with van der Waals surface area (Å²) in [6, 6.07) is 20.6. The molecule has 0 aliphatic carbocycles. The quantitative estimate of drug-likeness (QED) is 0.628. The standard InChI is InChI=1S/C18H17N/c1-2-5-14-11-17-12-16(18-6-3-9-19-18)8-7-15(17)10-13(14)4-1/h1-2,4-5,7-8,10-12,18-19H,3,6,9H2/t18-/m0/s1. The van der Waals surface area contributed by atoms with Gasteiger partial charge in [-0.15, -0.1) is 0 Å². The summed E-state index contributed by atoms with van der Waals surface area (Å²) in [6.07, 6.45) is 2.56. The molecule has 0 unspecified atom stereocenters. The van der Waals surface area contributed by atoms with Crippen molar-refractivity contribution in [2.45, 2.75) is 18.9 Å². The lowest BCUT2D eigenvalue weighted by molar-refractivity contribution is 0.648. The largest absolute Gasteiger partial charge is 0.310 e. The van der Waals surface area contributed by atoms with Crippen LogP contribution in [0.5, 0.6) is 0 Å². The summed E-state index contributed by atoms with van der Waals surface area (Å²) in [7, 11) is 0. The highest BCUT2D eigenvalue weighted by molar-refractivity contribution is 5.98. The molecule has 0 bridgehead atoms. The van der Waals surface area contributed by atoms with Gasteiger partial charge in [-0.05, 0) is 64.7 Å². The number of rotatable bonds is 1. The minimum absolute atomic E-state index is 0.552. The van der Waals surface area contributed by atoms with Crippen LogP contribution in [0.4, 0.5) is 0 Å². The van der Waals surface area contributed by atoms with Gasteiger partial charge in [0.2, 0.25) is 0 Å². The molecule has 1 saturated heterocycles. The first-order valence-electron chi connectivity index (χ1n) is 7.06. The summed E-state index contributed by atoms with van der Waals surface area (Å²) in [6.45, 7) is 1.15. The summed E-state index contributed by atoms with van der Waals surface area (Å²) < 4.78 is 0. The number of benzene rings is 3.